The molecule has 3 amide bonds. The van der Waals surface area contributed by atoms with Gasteiger partial charge in [-0.2, -0.15) is 0 Å². The molecule has 140 valence electrons. The minimum atomic E-state index is -1.21. The minimum absolute atomic E-state index is 0.0956. The van der Waals surface area contributed by atoms with Crippen LogP contribution < -0.4 is 10.1 Å². The molecular weight excluding hydrogens is 354 g/mol. The number of nitrogens with one attached hydrogen (secondary N) is 1. The average Bonchev–Trinajstić information content (AvgIpc) is 3.18. The average molecular weight is 371 g/mol. The van der Waals surface area contributed by atoms with Crippen molar-refractivity contribution in [1.82, 2.24) is 15.4 Å². The van der Waals surface area contributed by atoms with Gasteiger partial charge in [-0.25, -0.2) is 4.79 Å². The fraction of sp³-hybridized carbons (Fsp3) is 0.333. The molecular formula is C18H17N3O6. The van der Waals surface area contributed by atoms with Gasteiger partial charge in [0.2, 0.25) is 0 Å². The van der Waals surface area contributed by atoms with Crippen LogP contribution in [0.1, 0.15) is 23.4 Å². The Kier molecular flexibility index (Phi) is 4.06. The maximum absolute atomic E-state index is 13.0. The molecule has 1 atom stereocenters. The molecule has 27 heavy (non-hydrogen) atoms. The first-order valence-electron chi connectivity index (χ1n) is 8.44. The summed E-state index contributed by atoms with van der Waals surface area (Å²) in [7, 11) is 0. The smallest absolute Gasteiger partial charge is 0.326 e. The molecule has 9 nitrogen and oxygen atoms in total. The second-order valence-electron chi connectivity index (χ2n) is 6.41. The number of carbonyl (C=O) groups excluding carboxylic acids is 3. The molecule has 4 rings (SSSR count). The zero-order valence-electron chi connectivity index (χ0n) is 14.6. The molecule has 1 N–H and O–H groups in total. The molecule has 1 fully saturated rings. The van der Waals surface area contributed by atoms with Crippen LogP contribution in [0, 0.1) is 6.92 Å². The van der Waals surface area contributed by atoms with Gasteiger partial charge in [0, 0.05) is 18.1 Å². The van der Waals surface area contributed by atoms with Crippen molar-refractivity contribution < 1.29 is 28.4 Å². The van der Waals surface area contributed by atoms with Gasteiger partial charge >= 0.3 is 12.0 Å². The highest BCUT2D eigenvalue weighted by molar-refractivity contribution is 6.09. The van der Waals surface area contributed by atoms with E-state index in [-0.39, 0.29) is 13.2 Å². The number of urea groups is 1. The molecule has 0 bridgehead atoms. The third-order valence-corrected chi connectivity index (χ3v) is 4.60. The summed E-state index contributed by atoms with van der Waals surface area (Å²) >= 11 is 0. The summed E-state index contributed by atoms with van der Waals surface area (Å²) in [5, 5.41) is 6.45. The number of aryl methyl sites for hydroxylation is 1. The number of rotatable bonds is 4. The van der Waals surface area contributed by atoms with Crippen molar-refractivity contribution >= 4 is 17.9 Å². The number of ether oxygens (including phenoxy) is 2. The summed E-state index contributed by atoms with van der Waals surface area (Å²) in [5.41, 5.74) is -0.175. The molecule has 0 aliphatic carbocycles. The standard InChI is InChI=1S/C18H17N3O6/c1-11-8-12(20-27-11)10-26-15(22)9-21-16(23)18(19-17(21)24)6-7-25-14-5-3-2-4-13(14)18/h2-5,8H,6-7,9-10H2,1H3,(H,19,24)/t18-/m0/s1. The summed E-state index contributed by atoms with van der Waals surface area (Å²) < 4.78 is 15.5. The lowest BCUT2D eigenvalue weighted by Crippen LogP contribution is -2.47. The molecule has 1 aromatic heterocycles. The van der Waals surface area contributed by atoms with E-state index in [0.29, 0.717) is 29.2 Å². The van der Waals surface area contributed by atoms with Crippen molar-refractivity contribution in [1.29, 1.82) is 0 Å². The number of benzene rings is 1. The quantitative estimate of drug-likeness (QED) is 0.636. The largest absolute Gasteiger partial charge is 0.493 e. The Balaban J connectivity index is 1.48. The molecule has 2 aliphatic heterocycles. The number of carbonyl (C=O) groups is 3. The van der Waals surface area contributed by atoms with Gasteiger partial charge in [-0.15, -0.1) is 0 Å². The lowest BCUT2D eigenvalue weighted by molar-refractivity contribution is -0.149. The first-order chi connectivity index (χ1) is 13.0. The highest BCUT2D eigenvalue weighted by atomic mass is 16.5. The zero-order chi connectivity index (χ0) is 19.0. The number of imide groups is 1. The second-order valence-corrected chi connectivity index (χ2v) is 6.41. The summed E-state index contributed by atoms with van der Waals surface area (Å²) in [6.07, 6.45) is 0.290. The van der Waals surface area contributed by atoms with E-state index in [1.54, 1.807) is 37.3 Å². The molecule has 1 spiro atoms. The highest BCUT2D eigenvalue weighted by Gasteiger charge is 2.55. The van der Waals surface area contributed by atoms with Crippen molar-refractivity contribution in [2.45, 2.75) is 25.5 Å². The number of amides is 3. The van der Waals surface area contributed by atoms with Crippen molar-refractivity contribution in [3.05, 3.63) is 47.3 Å². The number of nitrogens with zero attached hydrogens (tertiary/aromatic N) is 2. The lowest BCUT2D eigenvalue weighted by atomic mass is 9.84. The van der Waals surface area contributed by atoms with Gasteiger partial charge in [0.25, 0.3) is 5.91 Å². The van der Waals surface area contributed by atoms with Gasteiger partial charge in [0.05, 0.1) is 6.61 Å². The Morgan fingerprint density at radius 3 is 2.96 bits per heavy atom. The van der Waals surface area contributed by atoms with Crippen molar-refractivity contribution in [2.24, 2.45) is 0 Å². The Hall–Kier alpha value is -3.36. The van der Waals surface area contributed by atoms with Crippen LogP contribution in [0.15, 0.2) is 34.9 Å². The van der Waals surface area contributed by atoms with Crippen LogP contribution in [0.2, 0.25) is 0 Å². The molecule has 1 saturated heterocycles. The van der Waals surface area contributed by atoms with E-state index in [0.717, 1.165) is 4.90 Å². The van der Waals surface area contributed by atoms with Gasteiger partial charge in [-0.3, -0.25) is 14.5 Å². The number of fused-ring (bicyclic) bond motifs is 2. The van der Waals surface area contributed by atoms with Gasteiger partial charge in [0.1, 0.15) is 30.4 Å². The zero-order valence-corrected chi connectivity index (χ0v) is 14.6. The van der Waals surface area contributed by atoms with Gasteiger partial charge in [-0.05, 0) is 13.0 Å². The van der Waals surface area contributed by atoms with Gasteiger partial charge < -0.3 is 19.3 Å². The van der Waals surface area contributed by atoms with E-state index in [1.807, 2.05) is 0 Å². The minimum Gasteiger partial charge on any atom is -0.493 e. The van der Waals surface area contributed by atoms with Crippen LogP contribution in [-0.4, -0.2) is 41.1 Å². The van der Waals surface area contributed by atoms with E-state index < -0.39 is 30.0 Å². The third-order valence-electron chi connectivity index (χ3n) is 4.60. The first-order valence-corrected chi connectivity index (χ1v) is 8.44. The molecule has 3 heterocycles. The lowest BCUT2D eigenvalue weighted by Gasteiger charge is -2.33. The molecule has 9 heteroatoms. The van der Waals surface area contributed by atoms with Crippen LogP contribution >= 0.6 is 0 Å². The SMILES string of the molecule is Cc1cc(COC(=O)CN2C(=O)N[C@]3(CCOc4ccccc43)C2=O)no1. The van der Waals surface area contributed by atoms with E-state index in [1.165, 1.54) is 0 Å². The predicted octanol–water partition coefficient (Wildman–Crippen LogP) is 1.26. The Bertz CT molecular complexity index is 923. The molecule has 2 aromatic rings. The highest BCUT2D eigenvalue weighted by Crippen LogP contribution is 2.40. The van der Waals surface area contributed by atoms with Gasteiger partial charge in [-0.1, -0.05) is 23.4 Å². The number of esters is 1. The summed E-state index contributed by atoms with van der Waals surface area (Å²) in [5.74, 6) is -0.0625. The van der Waals surface area contributed by atoms with E-state index in [2.05, 4.69) is 10.5 Å². The van der Waals surface area contributed by atoms with Crippen molar-refractivity contribution in [3.8, 4) is 5.75 Å². The first kappa shape index (κ1) is 17.1. The molecule has 2 aliphatic rings. The van der Waals surface area contributed by atoms with E-state index in [4.69, 9.17) is 14.0 Å². The van der Waals surface area contributed by atoms with Crippen LogP contribution in [0.3, 0.4) is 0 Å². The summed E-state index contributed by atoms with van der Waals surface area (Å²) in [6, 6.07) is 8.04. The summed E-state index contributed by atoms with van der Waals surface area (Å²) in [6.45, 7) is 1.43. The van der Waals surface area contributed by atoms with E-state index in [9.17, 15) is 14.4 Å². The molecule has 0 unspecified atom stereocenters. The van der Waals surface area contributed by atoms with Crippen molar-refractivity contribution in [2.75, 3.05) is 13.2 Å². The fourth-order valence-corrected chi connectivity index (χ4v) is 3.33. The Morgan fingerprint density at radius 2 is 2.19 bits per heavy atom. The Labute approximate surface area is 154 Å². The van der Waals surface area contributed by atoms with Crippen molar-refractivity contribution in [3.63, 3.8) is 0 Å². The normalized spacial score (nSPS) is 21.0. The van der Waals surface area contributed by atoms with Crippen LogP contribution in [-0.2, 0) is 26.5 Å². The number of para-hydroxylation sites is 1. The number of hydrogen-bond donors (Lipinski definition) is 1. The topological polar surface area (TPSA) is 111 Å². The molecule has 0 radical (unpaired) electrons. The van der Waals surface area contributed by atoms with Crippen LogP contribution in [0.5, 0.6) is 5.75 Å². The predicted molar refractivity (Wildman–Crippen MR) is 89.5 cm³/mol. The fourth-order valence-electron chi connectivity index (χ4n) is 3.33. The number of hydrogen-bond acceptors (Lipinski definition) is 7. The summed E-state index contributed by atoms with van der Waals surface area (Å²) in [4.78, 5) is 38.4. The third kappa shape index (κ3) is 2.90. The van der Waals surface area contributed by atoms with Gasteiger partial charge in [0.15, 0.2) is 5.54 Å². The molecule has 0 saturated carbocycles. The maximum Gasteiger partial charge on any atom is 0.326 e. The number of aromatic nitrogens is 1. The van der Waals surface area contributed by atoms with E-state index >= 15 is 0 Å². The second kappa shape index (κ2) is 6.42. The van der Waals surface area contributed by atoms with Crippen LogP contribution in [0.4, 0.5) is 4.79 Å². The monoisotopic (exact) mass is 371 g/mol. The maximum atomic E-state index is 13.0. The van der Waals surface area contributed by atoms with Crippen LogP contribution in [0.25, 0.3) is 0 Å². The molecule has 1 aromatic carbocycles. The Morgan fingerprint density at radius 1 is 1.37 bits per heavy atom.